The van der Waals surface area contributed by atoms with E-state index in [2.05, 4.69) is 10.3 Å². The average Bonchev–Trinajstić information content (AvgIpc) is 3.10. The van der Waals surface area contributed by atoms with Gasteiger partial charge in [-0.1, -0.05) is 48.0 Å². The Hall–Kier alpha value is -2.70. The number of nitrogens with one attached hydrogen (secondary N) is 1. The lowest BCUT2D eigenvalue weighted by Crippen LogP contribution is -2.37. The number of aliphatic hydroxyl groups excluding tert-OH is 1. The largest absolute Gasteiger partial charge is 0.392 e. The number of hydrogen-bond donors (Lipinski definition) is 2. The molecule has 6 heteroatoms. The van der Waals surface area contributed by atoms with Crippen molar-refractivity contribution in [1.29, 1.82) is 0 Å². The van der Waals surface area contributed by atoms with Crippen molar-refractivity contribution in [2.24, 2.45) is 0 Å². The highest BCUT2D eigenvalue weighted by Gasteiger charge is 2.15. The minimum absolute atomic E-state index is 0.147. The molecule has 0 fully saturated rings. The molecule has 3 rings (SSSR count). The van der Waals surface area contributed by atoms with Crippen LogP contribution in [0.3, 0.4) is 0 Å². The second-order valence-electron chi connectivity index (χ2n) is 6.52. The van der Waals surface area contributed by atoms with E-state index in [0.717, 1.165) is 16.9 Å². The molecular weight excluding hydrogens is 358 g/mol. The summed E-state index contributed by atoms with van der Waals surface area (Å²) in [6, 6.07) is 17.7. The topological polar surface area (TPSA) is 65.5 Å². The van der Waals surface area contributed by atoms with Crippen molar-refractivity contribution in [1.82, 2.24) is 4.98 Å². The van der Waals surface area contributed by atoms with Crippen molar-refractivity contribution in [2.75, 3.05) is 23.3 Å². The summed E-state index contributed by atoms with van der Waals surface area (Å²) in [5.41, 5.74) is 3.96. The van der Waals surface area contributed by atoms with E-state index in [-0.39, 0.29) is 12.5 Å². The first-order valence-corrected chi connectivity index (χ1v) is 9.69. The van der Waals surface area contributed by atoms with Crippen LogP contribution >= 0.6 is 11.3 Å². The third-order valence-electron chi connectivity index (χ3n) is 4.04. The number of hydrogen-bond acceptors (Lipinski definition) is 5. The zero-order valence-electron chi connectivity index (χ0n) is 15.4. The summed E-state index contributed by atoms with van der Waals surface area (Å²) in [4.78, 5) is 18.9. The van der Waals surface area contributed by atoms with Crippen LogP contribution in [0, 0.1) is 6.92 Å². The smallest absolute Gasteiger partial charge is 0.245 e. The molecular formula is C21H23N3O2S. The number of carbonyl (C=O) groups excluding carboxylic acids is 1. The van der Waals surface area contributed by atoms with Gasteiger partial charge >= 0.3 is 0 Å². The predicted molar refractivity (Wildman–Crippen MR) is 111 cm³/mol. The standard InChI is InChI=1S/C21H23N3O2S/c1-15-8-10-17(11-9-15)19-14-27-21(22-19)23-20(26)13-24(12-16(2)25)18-6-4-3-5-7-18/h3-11,14,16,25H,12-13H2,1-2H3,(H,22,23,26). The molecule has 0 saturated carbocycles. The molecule has 0 saturated heterocycles. The van der Waals surface area contributed by atoms with E-state index in [1.54, 1.807) is 6.92 Å². The molecule has 0 aliphatic rings. The second-order valence-corrected chi connectivity index (χ2v) is 7.38. The second kappa shape index (κ2) is 8.79. The molecule has 1 heterocycles. The molecule has 140 valence electrons. The van der Waals surface area contributed by atoms with E-state index in [1.807, 2.05) is 71.8 Å². The van der Waals surface area contributed by atoms with Crippen LogP contribution < -0.4 is 10.2 Å². The van der Waals surface area contributed by atoms with Gasteiger partial charge in [0.05, 0.1) is 18.3 Å². The number of anilines is 2. The Kier molecular flexibility index (Phi) is 6.21. The van der Waals surface area contributed by atoms with Crippen LogP contribution in [0.25, 0.3) is 11.3 Å². The van der Waals surface area contributed by atoms with Crippen LogP contribution in [0.5, 0.6) is 0 Å². The summed E-state index contributed by atoms with van der Waals surface area (Å²) in [5, 5.41) is 15.1. The lowest BCUT2D eigenvalue weighted by Gasteiger charge is -2.25. The normalized spacial score (nSPS) is 11.8. The summed E-state index contributed by atoms with van der Waals surface area (Å²) >= 11 is 1.40. The number of benzene rings is 2. The lowest BCUT2D eigenvalue weighted by atomic mass is 10.1. The van der Waals surface area contributed by atoms with Crippen molar-refractivity contribution < 1.29 is 9.90 Å². The molecule has 1 amide bonds. The van der Waals surface area contributed by atoms with Crippen LogP contribution in [0.15, 0.2) is 60.0 Å². The molecule has 27 heavy (non-hydrogen) atoms. The van der Waals surface area contributed by atoms with Crippen LogP contribution in [-0.2, 0) is 4.79 Å². The quantitative estimate of drug-likeness (QED) is 0.650. The Balaban J connectivity index is 1.66. The summed E-state index contributed by atoms with van der Waals surface area (Å²) < 4.78 is 0. The number of aliphatic hydroxyl groups is 1. The van der Waals surface area contributed by atoms with Gasteiger partial charge in [-0.3, -0.25) is 4.79 Å². The van der Waals surface area contributed by atoms with Crippen molar-refractivity contribution in [3.8, 4) is 11.3 Å². The Bertz CT molecular complexity index is 876. The van der Waals surface area contributed by atoms with Crippen LogP contribution in [-0.4, -0.2) is 35.2 Å². The molecule has 2 aromatic carbocycles. The summed E-state index contributed by atoms with van der Waals surface area (Å²) in [6.45, 7) is 4.28. The monoisotopic (exact) mass is 381 g/mol. The molecule has 1 aromatic heterocycles. The number of amides is 1. The van der Waals surface area contributed by atoms with Gasteiger partial charge in [0, 0.05) is 23.2 Å². The number of carbonyl (C=O) groups is 1. The Morgan fingerprint density at radius 2 is 1.89 bits per heavy atom. The fourth-order valence-electron chi connectivity index (χ4n) is 2.74. The fourth-order valence-corrected chi connectivity index (χ4v) is 3.48. The summed E-state index contributed by atoms with van der Waals surface area (Å²) in [7, 11) is 0. The Morgan fingerprint density at radius 1 is 1.19 bits per heavy atom. The van der Waals surface area contributed by atoms with Gasteiger partial charge in [-0.15, -0.1) is 11.3 Å². The van der Waals surface area contributed by atoms with E-state index >= 15 is 0 Å². The van der Waals surface area contributed by atoms with Gasteiger partial charge in [0.2, 0.25) is 5.91 Å². The van der Waals surface area contributed by atoms with Crippen LogP contribution in [0.4, 0.5) is 10.8 Å². The highest BCUT2D eigenvalue weighted by Crippen LogP contribution is 2.25. The molecule has 0 radical (unpaired) electrons. The van der Waals surface area contributed by atoms with E-state index < -0.39 is 6.10 Å². The molecule has 1 unspecified atom stereocenters. The van der Waals surface area contributed by atoms with Gasteiger partial charge in [0.15, 0.2) is 5.13 Å². The molecule has 2 N–H and O–H groups in total. The predicted octanol–water partition coefficient (Wildman–Crippen LogP) is 3.94. The average molecular weight is 382 g/mol. The maximum Gasteiger partial charge on any atom is 0.245 e. The fraction of sp³-hybridized carbons (Fsp3) is 0.238. The molecule has 0 aliphatic carbocycles. The van der Waals surface area contributed by atoms with E-state index in [4.69, 9.17) is 0 Å². The van der Waals surface area contributed by atoms with Gasteiger partial charge in [0.1, 0.15) is 0 Å². The highest BCUT2D eigenvalue weighted by molar-refractivity contribution is 7.14. The highest BCUT2D eigenvalue weighted by atomic mass is 32.1. The number of thiazole rings is 1. The molecule has 5 nitrogen and oxygen atoms in total. The van der Waals surface area contributed by atoms with E-state index in [0.29, 0.717) is 11.7 Å². The Labute approximate surface area is 163 Å². The summed E-state index contributed by atoms with van der Waals surface area (Å²) in [6.07, 6.45) is -0.536. The van der Waals surface area contributed by atoms with Gasteiger partial charge in [0.25, 0.3) is 0 Å². The van der Waals surface area contributed by atoms with Crippen LogP contribution in [0.2, 0.25) is 0 Å². The maximum absolute atomic E-state index is 12.5. The molecule has 0 spiro atoms. The molecule has 3 aromatic rings. The SMILES string of the molecule is Cc1ccc(-c2csc(NC(=O)CN(CC(C)O)c3ccccc3)n2)cc1. The first kappa shape index (κ1) is 19.1. The number of aromatic nitrogens is 1. The van der Waals surface area contributed by atoms with Crippen molar-refractivity contribution in [3.05, 3.63) is 65.5 Å². The first-order valence-electron chi connectivity index (χ1n) is 8.82. The van der Waals surface area contributed by atoms with Gasteiger partial charge in [-0.2, -0.15) is 0 Å². The number of para-hydroxylation sites is 1. The minimum Gasteiger partial charge on any atom is -0.392 e. The van der Waals surface area contributed by atoms with Crippen molar-refractivity contribution in [2.45, 2.75) is 20.0 Å². The van der Waals surface area contributed by atoms with Gasteiger partial charge in [-0.05, 0) is 26.0 Å². The third kappa shape index (κ3) is 5.39. The number of aryl methyl sites for hydroxylation is 1. The zero-order chi connectivity index (χ0) is 19.2. The minimum atomic E-state index is -0.536. The molecule has 0 aliphatic heterocycles. The van der Waals surface area contributed by atoms with E-state index in [1.165, 1.54) is 16.9 Å². The van der Waals surface area contributed by atoms with Gasteiger partial charge in [-0.25, -0.2) is 4.98 Å². The van der Waals surface area contributed by atoms with E-state index in [9.17, 15) is 9.90 Å². The Morgan fingerprint density at radius 3 is 2.56 bits per heavy atom. The zero-order valence-corrected chi connectivity index (χ0v) is 16.2. The lowest BCUT2D eigenvalue weighted by molar-refractivity contribution is -0.115. The number of rotatable bonds is 7. The van der Waals surface area contributed by atoms with Crippen molar-refractivity contribution >= 4 is 28.1 Å². The third-order valence-corrected chi connectivity index (χ3v) is 4.80. The molecule has 0 bridgehead atoms. The van der Waals surface area contributed by atoms with Crippen LogP contribution in [0.1, 0.15) is 12.5 Å². The number of nitrogens with zero attached hydrogens (tertiary/aromatic N) is 2. The maximum atomic E-state index is 12.5. The molecule has 1 atom stereocenters. The van der Waals surface area contributed by atoms with Crippen molar-refractivity contribution in [3.63, 3.8) is 0 Å². The summed E-state index contributed by atoms with van der Waals surface area (Å²) in [5.74, 6) is -0.163. The van der Waals surface area contributed by atoms with Gasteiger partial charge < -0.3 is 15.3 Å². The first-order chi connectivity index (χ1) is 13.0.